The first-order chi connectivity index (χ1) is 7.27. The molecule has 5 N–H and O–H groups in total. The van der Waals surface area contributed by atoms with E-state index in [9.17, 15) is 0 Å². The molecule has 1 atom stereocenters. The summed E-state index contributed by atoms with van der Waals surface area (Å²) in [6.45, 7) is 0. The number of H-pyrrole nitrogens is 1. The van der Waals surface area contributed by atoms with Crippen LogP contribution in [0.4, 0.5) is 5.69 Å². The van der Waals surface area contributed by atoms with Crippen molar-refractivity contribution in [3.8, 4) is 0 Å². The van der Waals surface area contributed by atoms with Crippen LogP contribution in [-0.4, -0.2) is 20.4 Å². The highest BCUT2D eigenvalue weighted by Crippen LogP contribution is 2.16. The van der Waals surface area contributed by atoms with E-state index in [2.05, 4.69) is 20.4 Å². The lowest BCUT2D eigenvalue weighted by atomic mass is 10.1. The standard InChI is InChI=1S/C9H12N6/c10-7-1-2-12-4-6(7)3-8(11)9-5-13-15-14-9/h1-2,4-5,8H,3,11H2,(H2,10,12)(H,13,14,15). The van der Waals surface area contributed by atoms with Crippen molar-refractivity contribution in [3.05, 3.63) is 35.9 Å². The highest BCUT2D eigenvalue weighted by atomic mass is 15.3. The zero-order chi connectivity index (χ0) is 10.7. The van der Waals surface area contributed by atoms with Crippen LogP contribution in [0.5, 0.6) is 0 Å². The lowest BCUT2D eigenvalue weighted by Crippen LogP contribution is -2.14. The second-order valence-corrected chi connectivity index (χ2v) is 3.28. The normalized spacial score (nSPS) is 12.6. The number of nitrogens with one attached hydrogen (secondary N) is 1. The van der Waals surface area contributed by atoms with Gasteiger partial charge in [0.25, 0.3) is 0 Å². The summed E-state index contributed by atoms with van der Waals surface area (Å²) in [5.74, 6) is 0. The largest absolute Gasteiger partial charge is 0.398 e. The number of nitrogens with two attached hydrogens (primary N) is 2. The smallest absolute Gasteiger partial charge is 0.0995 e. The van der Waals surface area contributed by atoms with Crippen molar-refractivity contribution in [2.24, 2.45) is 5.73 Å². The molecule has 0 aliphatic heterocycles. The minimum atomic E-state index is -0.213. The third kappa shape index (κ3) is 2.10. The van der Waals surface area contributed by atoms with Gasteiger partial charge in [-0.15, -0.1) is 0 Å². The molecule has 6 nitrogen and oxygen atoms in total. The van der Waals surface area contributed by atoms with Crippen molar-refractivity contribution in [1.82, 2.24) is 20.4 Å². The second-order valence-electron chi connectivity index (χ2n) is 3.28. The van der Waals surface area contributed by atoms with Crippen LogP contribution in [0.25, 0.3) is 0 Å². The van der Waals surface area contributed by atoms with Crippen molar-refractivity contribution in [3.63, 3.8) is 0 Å². The summed E-state index contributed by atoms with van der Waals surface area (Å²) in [6, 6.07) is 1.54. The molecule has 78 valence electrons. The Bertz CT molecular complexity index is 424. The molecule has 2 aromatic rings. The molecule has 2 aromatic heterocycles. The van der Waals surface area contributed by atoms with Crippen molar-refractivity contribution < 1.29 is 0 Å². The van der Waals surface area contributed by atoms with Crippen LogP contribution in [-0.2, 0) is 6.42 Å². The maximum absolute atomic E-state index is 5.93. The number of nitrogens with zero attached hydrogens (tertiary/aromatic N) is 3. The van der Waals surface area contributed by atoms with Crippen molar-refractivity contribution in [2.75, 3.05) is 5.73 Å². The predicted octanol–water partition coefficient (Wildman–Crippen LogP) is 0.0244. The number of aromatic nitrogens is 4. The highest BCUT2D eigenvalue weighted by Gasteiger charge is 2.11. The minimum absolute atomic E-state index is 0.213. The first kappa shape index (κ1) is 9.60. The predicted molar refractivity (Wildman–Crippen MR) is 55.7 cm³/mol. The van der Waals surface area contributed by atoms with Gasteiger partial charge in [0.15, 0.2) is 0 Å². The van der Waals surface area contributed by atoms with Crippen LogP contribution in [0.15, 0.2) is 24.7 Å². The van der Waals surface area contributed by atoms with Crippen molar-refractivity contribution >= 4 is 5.69 Å². The van der Waals surface area contributed by atoms with Crippen LogP contribution < -0.4 is 11.5 Å². The molecular formula is C9H12N6. The summed E-state index contributed by atoms with van der Waals surface area (Å²) >= 11 is 0. The van der Waals surface area contributed by atoms with Crippen LogP contribution in [0.3, 0.4) is 0 Å². The Balaban J connectivity index is 2.13. The van der Waals surface area contributed by atoms with Gasteiger partial charge in [-0.3, -0.25) is 4.98 Å². The van der Waals surface area contributed by atoms with E-state index in [1.807, 2.05) is 0 Å². The molecule has 0 fully saturated rings. The number of nitrogen functional groups attached to an aromatic ring is 1. The molecule has 0 spiro atoms. The van der Waals surface area contributed by atoms with Gasteiger partial charge in [0.1, 0.15) is 0 Å². The van der Waals surface area contributed by atoms with Crippen molar-refractivity contribution in [2.45, 2.75) is 12.5 Å². The lowest BCUT2D eigenvalue weighted by Gasteiger charge is -2.09. The van der Waals surface area contributed by atoms with Gasteiger partial charge in [0.2, 0.25) is 0 Å². The fraction of sp³-hybridized carbons (Fsp3) is 0.222. The molecule has 0 saturated carbocycles. The van der Waals surface area contributed by atoms with Gasteiger partial charge in [0.05, 0.1) is 17.9 Å². The molecule has 0 amide bonds. The summed E-state index contributed by atoms with van der Waals surface area (Å²) in [4.78, 5) is 4.00. The Kier molecular flexibility index (Phi) is 2.59. The van der Waals surface area contributed by atoms with Gasteiger partial charge in [-0.05, 0) is 18.1 Å². The molecule has 0 radical (unpaired) electrons. The first-order valence-corrected chi connectivity index (χ1v) is 4.57. The topological polar surface area (TPSA) is 106 Å². The molecule has 2 rings (SSSR count). The minimum Gasteiger partial charge on any atom is -0.398 e. The summed E-state index contributed by atoms with van der Waals surface area (Å²) in [5.41, 5.74) is 14.1. The summed E-state index contributed by atoms with van der Waals surface area (Å²) in [6.07, 6.45) is 5.58. The molecule has 0 aliphatic rings. The SMILES string of the molecule is Nc1ccncc1CC(N)c1cn[nH]n1. The number of anilines is 1. The van der Waals surface area contributed by atoms with E-state index < -0.39 is 0 Å². The van der Waals surface area contributed by atoms with E-state index in [4.69, 9.17) is 11.5 Å². The van der Waals surface area contributed by atoms with Gasteiger partial charge in [-0.2, -0.15) is 15.4 Å². The molecule has 2 heterocycles. The Hall–Kier alpha value is -1.95. The van der Waals surface area contributed by atoms with E-state index in [-0.39, 0.29) is 6.04 Å². The first-order valence-electron chi connectivity index (χ1n) is 4.57. The molecule has 6 heteroatoms. The number of hydrogen-bond donors (Lipinski definition) is 3. The van der Waals surface area contributed by atoms with Crippen LogP contribution in [0.1, 0.15) is 17.3 Å². The molecule has 1 unspecified atom stereocenters. The van der Waals surface area contributed by atoms with Gasteiger partial charge in [-0.25, -0.2) is 0 Å². The van der Waals surface area contributed by atoms with Gasteiger partial charge >= 0.3 is 0 Å². The van der Waals surface area contributed by atoms with Crippen LogP contribution in [0.2, 0.25) is 0 Å². The zero-order valence-electron chi connectivity index (χ0n) is 8.09. The molecule has 0 saturated heterocycles. The Labute approximate surface area is 86.7 Å². The maximum Gasteiger partial charge on any atom is 0.0995 e. The number of hydrogen-bond acceptors (Lipinski definition) is 5. The lowest BCUT2D eigenvalue weighted by molar-refractivity contribution is 0.691. The van der Waals surface area contributed by atoms with E-state index in [0.29, 0.717) is 12.1 Å². The van der Waals surface area contributed by atoms with Crippen molar-refractivity contribution in [1.29, 1.82) is 0 Å². The zero-order valence-corrected chi connectivity index (χ0v) is 8.09. The van der Waals surface area contributed by atoms with E-state index in [1.54, 1.807) is 24.7 Å². The van der Waals surface area contributed by atoms with Gasteiger partial charge < -0.3 is 11.5 Å². The average molecular weight is 204 g/mol. The molecule has 0 aliphatic carbocycles. The molecule has 0 bridgehead atoms. The number of aromatic amines is 1. The fourth-order valence-electron chi connectivity index (χ4n) is 1.34. The Morgan fingerprint density at radius 1 is 1.40 bits per heavy atom. The van der Waals surface area contributed by atoms with Crippen LogP contribution in [0, 0.1) is 0 Å². The fourth-order valence-corrected chi connectivity index (χ4v) is 1.34. The van der Waals surface area contributed by atoms with E-state index in [1.165, 1.54) is 0 Å². The third-order valence-electron chi connectivity index (χ3n) is 2.19. The average Bonchev–Trinajstić information content (AvgIpc) is 2.74. The highest BCUT2D eigenvalue weighted by molar-refractivity contribution is 5.44. The quantitative estimate of drug-likeness (QED) is 0.653. The molecule has 0 aromatic carbocycles. The molecular weight excluding hydrogens is 192 g/mol. The molecule has 15 heavy (non-hydrogen) atoms. The second kappa shape index (κ2) is 4.05. The monoisotopic (exact) mass is 204 g/mol. The number of pyridine rings is 1. The maximum atomic E-state index is 5.93. The summed E-state index contributed by atoms with van der Waals surface area (Å²) < 4.78 is 0. The van der Waals surface area contributed by atoms with Gasteiger partial charge in [0, 0.05) is 18.1 Å². The summed E-state index contributed by atoms with van der Waals surface area (Å²) in [5, 5.41) is 10.1. The number of rotatable bonds is 3. The van der Waals surface area contributed by atoms with Crippen LogP contribution >= 0.6 is 0 Å². The van der Waals surface area contributed by atoms with Gasteiger partial charge in [-0.1, -0.05) is 0 Å². The third-order valence-corrected chi connectivity index (χ3v) is 2.19. The summed E-state index contributed by atoms with van der Waals surface area (Å²) in [7, 11) is 0. The van der Waals surface area contributed by atoms with E-state index in [0.717, 1.165) is 11.3 Å². The Morgan fingerprint density at radius 3 is 2.93 bits per heavy atom. The Morgan fingerprint density at radius 2 is 2.27 bits per heavy atom. The van der Waals surface area contributed by atoms with E-state index >= 15 is 0 Å².